The lowest BCUT2D eigenvalue weighted by molar-refractivity contribution is -0.387. The van der Waals surface area contributed by atoms with Gasteiger partial charge < -0.3 is 80.0 Å². The molecule has 8 rings (SSSR count). The van der Waals surface area contributed by atoms with E-state index in [2.05, 4.69) is 20.6 Å². The Balaban J connectivity index is 1.30. The number of fused-ring (bicyclic) bond motifs is 2. The molecule has 12 N–H and O–H groups in total. The van der Waals surface area contributed by atoms with Crippen molar-refractivity contribution in [2.24, 2.45) is 10.7 Å². The number of carboxylic acid groups (broad SMARTS) is 1. The van der Waals surface area contributed by atoms with Crippen LogP contribution in [0.5, 0.6) is 11.5 Å². The van der Waals surface area contributed by atoms with Crippen LogP contribution >= 0.6 is 0 Å². The molecule has 2 fully saturated rings. The van der Waals surface area contributed by atoms with Crippen molar-refractivity contribution >= 4 is 46.1 Å². The summed E-state index contributed by atoms with van der Waals surface area (Å²) in [7, 11) is 0. The summed E-state index contributed by atoms with van der Waals surface area (Å²) in [6.07, 6.45) is -2.70. The van der Waals surface area contributed by atoms with Gasteiger partial charge in [-0.2, -0.15) is 4.73 Å². The van der Waals surface area contributed by atoms with E-state index in [0.717, 1.165) is 30.4 Å². The lowest BCUT2D eigenvalue weighted by Gasteiger charge is -2.57. The molecule has 22 nitrogen and oxygen atoms in total. The molecule has 0 bridgehead atoms. The van der Waals surface area contributed by atoms with Gasteiger partial charge in [0.1, 0.15) is 35.3 Å². The number of phenols is 1. The van der Waals surface area contributed by atoms with Crippen molar-refractivity contribution in [2.75, 3.05) is 19.8 Å². The number of hydrogen-bond acceptors (Lipinski definition) is 17. The van der Waals surface area contributed by atoms with E-state index in [4.69, 9.17) is 29.2 Å². The van der Waals surface area contributed by atoms with Crippen molar-refractivity contribution < 1.29 is 73.6 Å². The number of carbonyl (C=O) groups excluding carboxylic acids is 2. The molecule has 8 unspecified atom stereocenters. The fourth-order valence-electron chi connectivity index (χ4n) is 10.00. The molecule has 2 aliphatic rings. The number of aromatic hydroxyl groups is 1. The lowest BCUT2D eigenvalue weighted by Crippen LogP contribution is -2.83. The molecule has 1 aliphatic heterocycles. The Morgan fingerprint density at radius 3 is 2.43 bits per heavy atom. The predicted molar refractivity (Wildman–Crippen MR) is 271 cm³/mol. The smallest absolute Gasteiger partial charge is 0.336 e. The number of phenolic OH excluding ortho intramolecular Hbond substituents is 1. The summed E-state index contributed by atoms with van der Waals surface area (Å²) in [5, 5.41) is 86.7. The van der Waals surface area contributed by atoms with Crippen molar-refractivity contribution in [1.29, 1.82) is 0 Å². The second kappa shape index (κ2) is 23.1. The van der Waals surface area contributed by atoms with Gasteiger partial charge in [-0.1, -0.05) is 48.6 Å². The molecule has 0 spiro atoms. The Labute approximate surface area is 429 Å². The SMILES string of the molecule is Cc1cc(C)cc(-c2c3[nH]ccc3cn2OC2C(Oc3ccc4c(=O)c(-c5ccc(O)cc5)coc4c3)OC(C(NC(N)=NC3CCCCC3)OC(=O)C(NCCC=O)C(=O)O)C(O)(CO)C2(O)C(O)CCCO)c1. The highest BCUT2D eigenvalue weighted by molar-refractivity contribution is 5.98. The number of aliphatic imine (C=N–C) groups is 1. The van der Waals surface area contributed by atoms with Gasteiger partial charge in [-0.05, 0) is 87.6 Å². The zero-order valence-electron chi connectivity index (χ0n) is 41.3. The standard InChI is InChI=1S/C53H62N6O16/c1-29-22-30(2)24-33(23-29)43-41-32(17-19-56-41)26-59(43)75-46-50(72-36-15-16-37-39(25-36)71-27-38(44(37)65)31-11-13-35(63)14-12-31)73-45(52(69,28-62)53(46,70)40(64)10-6-20-60)47(58-51(54)57-34-8-4-3-5-9-34)74-49(68)42(48(66)67)55-18-7-21-61/h11-17,19,21-27,34,40,42,45-47,50,55-56,60,62-64,69-70H,3-10,18,20,28H2,1-2H3,(H,66,67)(H3,54,57,58). The number of aldehydes is 1. The first-order valence-corrected chi connectivity index (χ1v) is 24.7. The lowest BCUT2D eigenvalue weighted by atomic mass is 9.68. The fraction of sp³-hybridized carbons (Fsp3) is 0.415. The Hall–Kier alpha value is -7.31. The van der Waals surface area contributed by atoms with Crippen molar-refractivity contribution in [1.82, 2.24) is 20.3 Å². The second-order valence-electron chi connectivity index (χ2n) is 19.0. The molecule has 3 aromatic heterocycles. The van der Waals surface area contributed by atoms with Crippen LogP contribution in [-0.4, -0.2) is 144 Å². The van der Waals surface area contributed by atoms with Gasteiger partial charge in [0.25, 0.3) is 0 Å². The number of esters is 1. The number of aliphatic carboxylic acids is 1. The topological polar surface area (TPSA) is 343 Å². The number of H-pyrrole nitrogens is 1. The number of nitrogens with zero attached hydrogens (tertiary/aromatic N) is 2. The van der Waals surface area contributed by atoms with Crippen molar-refractivity contribution in [3.05, 3.63) is 107 Å². The minimum atomic E-state index is -3.21. The minimum Gasteiger partial charge on any atom is -0.508 e. The maximum atomic E-state index is 14.1. The number of nitrogens with one attached hydrogen (secondary N) is 3. The third-order valence-corrected chi connectivity index (χ3v) is 13.7. The van der Waals surface area contributed by atoms with E-state index in [1.165, 1.54) is 41.3 Å². The zero-order chi connectivity index (χ0) is 53.6. The second-order valence-corrected chi connectivity index (χ2v) is 19.0. The first kappa shape index (κ1) is 54.0. The number of nitrogens with two attached hydrogens (primary N) is 1. The average Bonchev–Trinajstić information content (AvgIpc) is 3.98. The predicted octanol–water partition coefficient (Wildman–Crippen LogP) is 2.66. The molecule has 400 valence electrons. The van der Waals surface area contributed by atoms with Crippen molar-refractivity contribution in [2.45, 2.75) is 119 Å². The summed E-state index contributed by atoms with van der Waals surface area (Å²) >= 11 is 0. The number of aryl methyl sites for hydroxylation is 2. The fourth-order valence-corrected chi connectivity index (χ4v) is 10.00. The Morgan fingerprint density at radius 2 is 1.75 bits per heavy atom. The van der Waals surface area contributed by atoms with Crippen LogP contribution in [-0.2, 0) is 23.9 Å². The maximum absolute atomic E-state index is 14.1. The Kier molecular flexibility index (Phi) is 16.6. The highest BCUT2D eigenvalue weighted by Crippen LogP contribution is 2.45. The summed E-state index contributed by atoms with van der Waals surface area (Å²) in [6.45, 7) is 1.55. The number of carbonyl (C=O) groups is 3. The maximum Gasteiger partial charge on any atom is 0.336 e. The van der Waals surface area contributed by atoms with Crippen LogP contribution in [0, 0.1) is 13.8 Å². The highest BCUT2D eigenvalue weighted by Gasteiger charge is 2.72. The zero-order valence-corrected chi connectivity index (χ0v) is 41.3. The number of guanidine groups is 1. The minimum absolute atomic E-state index is 0.00808. The molecule has 22 heteroatoms. The number of aromatic amines is 1. The van der Waals surface area contributed by atoms with Crippen LogP contribution in [0.1, 0.15) is 62.5 Å². The van der Waals surface area contributed by atoms with Gasteiger partial charge in [0.15, 0.2) is 28.7 Å². The molecule has 6 aromatic rings. The monoisotopic (exact) mass is 1040 g/mol. The molecule has 4 heterocycles. The number of aliphatic hydroxyl groups is 5. The molecule has 8 atom stereocenters. The quantitative estimate of drug-likeness (QED) is 0.00939. The van der Waals surface area contributed by atoms with E-state index in [9.17, 15) is 54.9 Å². The Morgan fingerprint density at radius 1 is 1.01 bits per heavy atom. The molecule has 1 saturated carbocycles. The first-order chi connectivity index (χ1) is 36.0. The number of benzene rings is 3. The van der Waals surface area contributed by atoms with Crippen LogP contribution < -0.4 is 31.4 Å². The van der Waals surface area contributed by atoms with Gasteiger partial charge in [-0.25, -0.2) is 9.59 Å². The molecular formula is C53H62N6O16. The van der Waals surface area contributed by atoms with Gasteiger partial charge in [0.05, 0.1) is 41.4 Å². The molecule has 0 amide bonds. The summed E-state index contributed by atoms with van der Waals surface area (Å²) in [5.74, 6) is -3.72. The summed E-state index contributed by atoms with van der Waals surface area (Å²) in [6, 6.07) is 15.1. The van der Waals surface area contributed by atoms with Crippen LogP contribution in [0.4, 0.5) is 0 Å². The van der Waals surface area contributed by atoms with Crippen LogP contribution in [0.3, 0.4) is 0 Å². The number of hydrogen-bond donors (Lipinski definition) is 11. The van der Waals surface area contributed by atoms with Crippen LogP contribution in [0.25, 0.3) is 44.3 Å². The normalized spacial score (nSPS) is 22.6. The molecule has 1 saturated heterocycles. The van der Waals surface area contributed by atoms with E-state index >= 15 is 0 Å². The molecule has 3 aromatic carbocycles. The van der Waals surface area contributed by atoms with Gasteiger partial charge in [-0.3, -0.25) is 15.1 Å². The summed E-state index contributed by atoms with van der Waals surface area (Å²) in [4.78, 5) is 66.2. The number of rotatable bonds is 21. The first-order valence-electron chi connectivity index (χ1n) is 24.7. The Bertz CT molecular complexity index is 3060. The third kappa shape index (κ3) is 11.2. The largest absolute Gasteiger partial charge is 0.508 e. The average molecular weight is 1040 g/mol. The van der Waals surface area contributed by atoms with Crippen molar-refractivity contribution in [3.8, 4) is 33.9 Å². The summed E-state index contributed by atoms with van der Waals surface area (Å²) in [5.41, 5.74) is 3.68. The van der Waals surface area contributed by atoms with E-state index in [1.807, 2.05) is 32.0 Å². The van der Waals surface area contributed by atoms with E-state index in [0.29, 0.717) is 46.9 Å². The third-order valence-electron chi connectivity index (χ3n) is 13.7. The molecular weight excluding hydrogens is 977 g/mol. The number of carboxylic acids is 1. The number of ether oxygens (including phenoxy) is 3. The van der Waals surface area contributed by atoms with Gasteiger partial charge >= 0.3 is 11.9 Å². The molecule has 1 aliphatic carbocycles. The van der Waals surface area contributed by atoms with Crippen LogP contribution in [0.2, 0.25) is 0 Å². The van der Waals surface area contributed by atoms with Crippen LogP contribution in [0.15, 0.2) is 99.6 Å². The summed E-state index contributed by atoms with van der Waals surface area (Å²) < 4.78 is 26.2. The van der Waals surface area contributed by atoms with Gasteiger partial charge in [0, 0.05) is 42.8 Å². The van der Waals surface area contributed by atoms with E-state index < -0.39 is 85.1 Å². The highest BCUT2D eigenvalue weighted by atomic mass is 16.8. The number of aliphatic hydroxyl groups excluding tert-OH is 3. The molecule has 0 radical (unpaired) electrons. The van der Waals surface area contributed by atoms with E-state index in [-0.39, 0.29) is 59.4 Å². The number of aromatic nitrogens is 2. The van der Waals surface area contributed by atoms with Gasteiger partial charge in [0.2, 0.25) is 24.7 Å². The van der Waals surface area contributed by atoms with E-state index in [1.54, 1.807) is 30.6 Å². The molecule has 75 heavy (non-hydrogen) atoms. The van der Waals surface area contributed by atoms with Gasteiger partial charge in [-0.15, -0.1) is 0 Å². The van der Waals surface area contributed by atoms with Crippen molar-refractivity contribution in [3.63, 3.8) is 0 Å².